The van der Waals surface area contributed by atoms with E-state index in [1.165, 1.54) is 0 Å². The van der Waals surface area contributed by atoms with Crippen LogP contribution in [0, 0.1) is 0 Å². The van der Waals surface area contributed by atoms with Crippen LogP contribution in [-0.4, -0.2) is 45.0 Å². The summed E-state index contributed by atoms with van der Waals surface area (Å²) < 4.78 is 21.4. The fourth-order valence-corrected chi connectivity index (χ4v) is 3.04. The molecule has 1 heterocycles. The van der Waals surface area contributed by atoms with Crippen LogP contribution in [0.2, 0.25) is 0 Å². The molecule has 1 aliphatic rings. The Balaban J connectivity index is 1.69. The number of methoxy groups -OCH3 is 2. The second kappa shape index (κ2) is 8.43. The molecule has 1 aliphatic carbocycles. The summed E-state index contributed by atoms with van der Waals surface area (Å²) in [5.74, 6) is 1.86. The van der Waals surface area contributed by atoms with E-state index >= 15 is 0 Å². The molecule has 1 fully saturated rings. The van der Waals surface area contributed by atoms with Crippen molar-refractivity contribution >= 4 is 5.91 Å². The molecule has 7 nitrogen and oxygen atoms in total. The first-order valence-electron chi connectivity index (χ1n) is 9.20. The van der Waals surface area contributed by atoms with Gasteiger partial charge in [0.2, 0.25) is 5.91 Å². The van der Waals surface area contributed by atoms with Crippen molar-refractivity contribution < 1.29 is 23.5 Å². The van der Waals surface area contributed by atoms with Crippen molar-refractivity contribution in [1.29, 1.82) is 0 Å². The maximum absolute atomic E-state index is 12.6. The number of carbonyl (C=O) groups is 1. The number of nitrogens with zero attached hydrogens (tertiary/aromatic N) is 1. The number of hydrogen-bond acceptors (Lipinski definition) is 6. The minimum Gasteiger partial charge on any atom is -0.493 e. The van der Waals surface area contributed by atoms with Crippen LogP contribution in [0.15, 0.2) is 28.8 Å². The van der Waals surface area contributed by atoms with E-state index in [9.17, 15) is 4.79 Å². The highest BCUT2D eigenvalue weighted by Crippen LogP contribution is 2.48. The normalized spacial score (nSPS) is 14.6. The Bertz CT molecular complexity index is 782. The standard InChI is InChI=1S/C20H26N2O5/c1-4-26-11-5-10-21-19(23)20(8-9-20)18-13-16(27-22-18)14-6-7-15(24-2)17(12-14)25-3/h6-7,12-13H,4-5,8-11H2,1-3H3,(H,21,23). The monoisotopic (exact) mass is 374 g/mol. The summed E-state index contributed by atoms with van der Waals surface area (Å²) in [5.41, 5.74) is 0.929. The van der Waals surface area contributed by atoms with Gasteiger partial charge in [-0.3, -0.25) is 4.79 Å². The summed E-state index contributed by atoms with van der Waals surface area (Å²) in [6.45, 7) is 3.90. The maximum atomic E-state index is 12.6. The molecule has 2 aromatic rings. The fraction of sp³-hybridized carbons (Fsp3) is 0.500. The number of amides is 1. The number of nitrogens with one attached hydrogen (secondary N) is 1. The fourth-order valence-electron chi connectivity index (χ4n) is 3.04. The van der Waals surface area contributed by atoms with Gasteiger partial charge in [0, 0.05) is 31.4 Å². The SMILES string of the molecule is CCOCCCNC(=O)C1(c2cc(-c3ccc(OC)c(OC)c3)on2)CC1. The Morgan fingerprint density at radius 2 is 2.00 bits per heavy atom. The van der Waals surface area contributed by atoms with Gasteiger partial charge < -0.3 is 24.1 Å². The third kappa shape index (κ3) is 4.08. The lowest BCUT2D eigenvalue weighted by Crippen LogP contribution is -2.35. The van der Waals surface area contributed by atoms with E-state index in [1.54, 1.807) is 14.2 Å². The summed E-state index contributed by atoms with van der Waals surface area (Å²) in [4.78, 5) is 12.6. The van der Waals surface area contributed by atoms with Crippen molar-refractivity contribution in [1.82, 2.24) is 10.5 Å². The van der Waals surface area contributed by atoms with Crippen LogP contribution in [0.3, 0.4) is 0 Å². The lowest BCUT2D eigenvalue weighted by atomic mass is 10.00. The summed E-state index contributed by atoms with van der Waals surface area (Å²) in [5, 5.41) is 7.16. The van der Waals surface area contributed by atoms with Crippen molar-refractivity contribution in [2.45, 2.75) is 31.6 Å². The van der Waals surface area contributed by atoms with E-state index in [0.717, 1.165) is 24.8 Å². The van der Waals surface area contributed by atoms with E-state index in [-0.39, 0.29) is 5.91 Å². The first-order valence-corrected chi connectivity index (χ1v) is 9.20. The van der Waals surface area contributed by atoms with Crippen LogP contribution < -0.4 is 14.8 Å². The van der Waals surface area contributed by atoms with Crippen molar-refractivity contribution in [3.8, 4) is 22.8 Å². The quantitative estimate of drug-likeness (QED) is 0.644. The van der Waals surface area contributed by atoms with Gasteiger partial charge in [0.25, 0.3) is 0 Å². The molecule has 0 atom stereocenters. The zero-order valence-corrected chi connectivity index (χ0v) is 16.0. The molecule has 3 rings (SSSR count). The van der Waals surface area contributed by atoms with E-state index in [1.807, 2.05) is 31.2 Å². The predicted molar refractivity (Wildman–Crippen MR) is 100 cm³/mol. The molecule has 0 unspecified atom stereocenters. The Labute approximate surface area is 159 Å². The number of benzene rings is 1. The maximum Gasteiger partial charge on any atom is 0.232 e. The molecule has 0 bridgehead atoms. The summed E-state index contributed by atoms with van der Waals surface area (Å²) in [6.07, 6.45) is 2.36. The Morgan fingerprint density at radius 1 is 1.22 bits per heavy atom. The molecule has 0 aliphatic heterocycles. The molecule has 7 heteroatoms. The van der Waals surface area contributed by atoms with E-state index in [4.69, 9.17) is 18.7 Å². The minimum absolute atomic E-state index is 0.00570. The molecule has 1 amide bonds. The van der Waals surface area contributed by atoms with Crippen molar-refractivity contribution in [2.24, 2.45) is 0 Å². The van der Waals surface area contributed by atoms with E-state index in [2.05, 4.69) is 10.5 Å². The zero-order chi connectivity index (χ0) is 19.3. The zero-order valence-electron chi connectivity index (χ0n) is 16.0. The summed E-state index contributed by atoms with van der Waals surface area (Å²) in [7, 11) is 3.18. The van der Waals surface area contributed by atoms with Gasteiger partial charge >= 0.3 is 0 Å². The van der Waals surface area contributed by atoms with Gasteiger partial charge in [-0.2, -0.15) is 0 Å². The third-order valence-corrected chi connectivity index (χ3v) is 4.81. The van der Waals surface area contributed by atoms with Crippen LogP contribution in [-0.2, 0) is 14.9 Å². The van der Waals surface area contributed by atoms with E-state index in [0.29, 0.717) is 42.7 Å². The van der Waals surface area contributed by atoms with Crippen molar-refractivity contribution in [3.63, 3.8) is 0 Å². The average molecular weight is 374 g/mol. The highest BCUT2D eigenvalue weighted by atomic mass is 16.5. The van der Waals surface area contributed by atoms with Crippen LogP contribution in [0.5, 0.6) is 11.5 Å². The Kier molecular flexibility index (Phi) is 6.01. The van der Waals surface area contributed by atoms with Gasteiger partial charge in [0.05, 0.1) is 25.3 Å². The molecule has 0 spiro atoms. The second-order valence-corrected chi connectivity index (χ2v) is 6.53. The molecule has 0 saturated heterocycles. The molecule has 0 radical (unpaired) electrons. The topological polar surface area (TPSA) is 82.8 Å². The molecule has 27 heavy (non-hydrogen) atoms. The number of carbonyl (C=O) groups excluding carboxylic acids is 1. The van der Waals surface area contributed by atoms with E-state index < -0.39 is 5.41 Å². The third-order valence-electron chi connectivity index (χ3n) is 4.81. The van der Waals surface area contributed by atoms with Crippen LogP contribution in [0.1, 0.15) is 31.9 Å². The number of rotatable bonds is 10. The molecular formula is C20H26N2O5. The van der Waals surface area contributed by atoms with Crippen LogP contribution in [0.25, 0.3) is 11.3 Å². The van der Waals surface area contributed by atoms with Crippen molar-refractivity contribution in [2.75, 3.05) is 34.0 Å². The first-order chi connectivity index (χ1) is 13.1. The van der Waals surface area contributed by atoms with Gasteiger partial charge in [-0.15, -0.1) is 0 Å². The molecule has 146 valence electrons. The number of hydrogen-bond donors (Lipinski definition) is 1. The van der Waals surface area contributed by atoms with Gasteiger partial charge in [0.1, 0.15) is 0 Å². The smallest absolute Gasteiger partial charge is 0.232 e. The van der Waals surface area contributed by atoms with Crippen LogP contribution in [0.4, 0.5) is 0 Å². The Hall–Kier alpha value is -2.54. The molecule has 1 aromatic heterocycles. The molecule has 1 saturated carbocycles. The van der Waals surface area contributed by atoms with Gasteiger partial charge in [0.15, 0.2) is 17.3 Å². The Morgan fingerprint density at radius 3 is 2.67 bits per heavy atom. The molecule has 1 aromatic carbocycles. The van der Waals surface area contributed by atoms with Gasteiger partial charge in [-0.05, 0) is 44.4 Å². The van der Waals surface area contributed by atoms with Crippen molar-refractivity contribution in [3.05, 3.63) is 30.0 Å². The highest BCUT2D eigenvalue weighted by Gasteiger charge is 2.53. The number of ether oxygens (including phenoxy) is 3. The lowest BCUT2D eigenvalue weighted by Gasteiger charge is -2.12. The minimum atomic E-state index is -0.566. The highest BCUT2D eigenvalue weighted by molar-refractivity contribution is 5.91. The molecular weight excluding hydrogens is 348 g/mol. The predicted octanol–water partition coefficient (Wildman–Crippen LogP) is 2.93. The largest absolute Gasteiger partial charge is 0.493 e. The molecule has 1 N–H and O–H groups in total. The van der Waals surface area contributed by atoms with Crippen LogP contribution >= 0.6 is 0 Å². The van der Waals surface area contributed by atoms with Gasteiger partial charge in [-0.25, -0.2) is 0 Å². The summed E-state index contributed by atoms with van der Waals surface area (Å²) >= 11 is 0. The van der Waals surface area contributed by atoms with Gasteiger partial charge in [-0.1, -0.05) is 5.16 Å². The summed E-state index contributed by atoms with van der Waals surface area (Å²) in [6, 6.07) is 7.36. The average Bonchev–Trinajstić information content (AvgIpc) is 3.37. The first kappa shape index (κ1) is 19.2. The number of aromatic nitrogens is 1. The second-order valence-electron chi connectivity index (χ2n) is 6.53. The lowest BCUT2D eigenvalue weighted by molar-refractivity contribution is -0.123.